The fraction of sp³-hybridized carbons (Fsp3) is 0.438. The molecule has 2 aromatic rings. The average molecular weight is 290 g/mol. The predicted octanol–water partition coefficient (Wildman–Crippen LogP) is 3.22. The summed E-state index contributed by atoms with van der Waals surface area (Å²) < 4.78 is 5.20. The molecule has 4 heteroatoms. The molecule has 1 heterocycles. The smallest absolute Gasteiger partial charge is 0.118 e. The molecule has 3 nitrogen and oxygen atoms in total. The zero-order valence-electron chi connectivity index (χ0n) is 12.3. The van der Waals surface area contributed by atoms with Gasteiger partial charge in [-0.3, -0.25) is 0 Å². The molecule has 1 unspecified atom stereocenters. The van der Waals surface area contributed by atoms with Crippen LogP contribution in [0, 0.1) is 6.92 Å². The van der Waals surface area contributed by atoms with E-state index in [4.69, 9.17) is 4.74 Å². The first-order chi connectivity index (χ1) is 9.71. The third kappa shape index (κ3) is 4.32. The number of methoxy groups -OCH3 is 1. The Bertz CT molecular complexity index is 522. The fourth-order valence-electron chi connectivity index (χ4n) is 2.26. The Morgan fingerprint density at radius 2 is 2.00 bits per heavy atom. The lowest BCUT2D eigenvalue weighted by molar-refractivity contribution is 0.414. The van der Waals surface area contributed by atoms with Gasteiger partial charge in [0, 0.05) is 23.5 Å². The average Bonchev–Trinajstić information content (AvgIpc) is 2.85. The molecule has 0 radical (unpaired) electrons. The van der Waals surface area contributed by atoms with E-state index in [0.29, 0.717) is 6.04 Å². The second-order valence-electron chi connectivity index (χ2n) is 4.89. The Morgan fingerprint density at radius 3 is 2.55 bits per heavy atom. The summed E-state index contributed by atoms with van der Waals surface area (Å²) in [4.78, 5) is 4.56. The van der Waals surface area contributed by atoms with Crippen molar-refractivity contribution in [1.82, 2.24) is 10.3 Å². The monoisotopic (exact) mass is 290 g/mol. The molecular weight excluding hydrogens is 268 g/mol. The molecule has 20 heavy (non-hydrogen) atoms. The Morgan fingerprint density at radius 1 is 1.25 bits per heavy atom. The highest BCUT2D eigenvalue weighted by Crippen LogP contribution is 2.16. The number of ether oxygens (including phenoxy) is 1. The minimum absolute atomic E-state index is 0.430. The van der Waals surface area contributed by atoms with Crippen molar-refractivity contribution in [3.05, 3.63) is 45.9 Å². The first-order valence-corrected chi connectivity index (χ1v) is 7.86. The van der Waals surface area contributed by atoms with E-state index in [2.05, 4.69) is 34.7 Å². The van der Waals surface area contributed by atoms with Crippen LogP contribution in [0.1, 0.15) is 23.2 Å². The summed E-state index contributed by atoms with van der Waals surface area (Å²) >= 11 is 1.75. The summed E-state index contributed by atoms with van der Waals surface area (Å²) in [6, 6.07) is 8.74. The number of nitrogens with one attached hydrogen (secondary N) is 1. The van der Waals surface area contributed by atoms with Crippen molar-refractivity contribution >= 4 is 11.3 Å². The summed E-state index contributed by atoms with van der Waals surface area (Å²) in [6.07, 6.45) is 1.99. The Kier molecular flexibility index (Phi) is 5.56. The number of hydrogen-bond donors (Lipinski definition) is 1. The number of hydrogen-bond acceptors (Lipinski definition) is 4. The van der Waals surface area contributed by atoms with E-state index >= 15 is 0 Å². The van der Waals surface area contributed by atoms with Crippen LogP contribution in [0.4, 0.5) is 0 Å². The summed E-state index contributed by atoms with van der Waals surface area (Å²) in [6.45, 7) is 5.17. The van der Waals surface area contributed by atoms with Crippen LogP contribution >= 0.6 is 11.3 Å². The highest BCUT2D eigenvalue weighted by molar-refractivity contribution is 7.09. The number of aryl methyl sites for hydroxylation is 1. The van der Waals surface area contributed by atoms with Gasteiger partial charge in [0.15, 0.2) is 0 Å². The van der Waals surface area contributed by atoms with Crippen LogP contribution in [0.3, 0.4) is 0 Å². The molecule has 1 atom stereocenters. The second kappa shape index (κ2) is 7.41. The lowest BCUT2D eigenvalue weighted by Crippen LogP contribution is -2.33. The van der Waals surface area contributed by atoms with Crippen molar-refractivity contribution < 1.29 is 4.74 Å². The molecule has 0 aliphatic carbocycles. The molecule has 2 rings (SSSR count). The summed E-state index contributed by atoms with van der Waals surface area (Å²) in [5.41, 5.74) is 2.44. The predicted molar refractivity (Wildman–Crippen MR) is 84.7 cm³/mol. The summed E-state index contributed by atoms with van der Waals surface area (Å²) in [5.74, 6) is 0.907. The number of rotatable bonds is 7. The first kappa shape index (κ1) is 15.0. The first-order valence-electron chi connectivity index (χ1n) is 6.98. The zero-order chi connectivity index (χ0) is 14.4. The van der Waals surface area contributed by atoms with Gasteiger partial charge in [-0.25, -0.2) is 4.98 Å². The fourth-order valence-corrected chi connectivity index (χ4v) is 3.11. The number of benzene rings is 1. The van der Waals surface area contributed by atoms with Gasteiger partial charge in [-0.2, -0.15) is 0 Å². The van der Waals surface area contributed by atoms with Crippen LogP contribution in [0.25, 0.3) is 0 Å². The molecule has 0 aliphatic rings. The van der Waals surface area contributed by atoms with Gasteiger partial charge < -0.3 is 10.1 Å². The molecule has 0 amide bonds. The lowest BCUT2D eigenvalue weighted by atomic mass is 10.0. The van der Waals surface area contributed by atoms with E-state index in [1.54, 1.807) is 18.4 Å². The van der Waals surface area contributed by atoms with Gasteiger partial charge in [0.25, 0.3) is 0 Å². The van der Waals surface area contributed by atoms with Crippen molar-refractivity contribution in [2.75, 3.05) is 13.7 Å². The van der Waals surface area contributed by atoms with E-state index < -0.39 is 0 Å². The van der Waals surface area contributed by atoms with Crippen LogP contribution in [0.15, 0.2) is 29.6 Å². The molecular formula is C16H22N2OS. The Labute approximate surface area is 125 Å². The van der Waals surface area contributed by atoms with Gasteiger partial charge in [0.1, 0.15) is 5.75 Å². The minimum atomic E-state index is 0.430. The topological polar surface area (TPSA) is 34.1 Å². The van der Waals surface area contributed by atoms with Gasteiger partial charge in [-0.15, -0.1) is 11.3 Å². The quantitative estimate of drug-likeness (QED) is 0.850. The molecule has 0 fully saturated rings. The van der Waals surface area contributed by atoms with Crippen molar-refractivity contribution in [3.8, 4) is 5.75 Å². The molecule has 0 saturated carbocycles. The molecule has 1 aromatic heterocycles. The van der Waals surface area contributed by atoms with E-state index in [9.17, 15) is 0 Å². The van der Waals surface area contributed by atoms with Crippen LogP contribution in [0.5, 0.6) is 5.75 Å². The highest BCUT2D eigenvalue weighted by Gasteiger charge is 2.11. The Hall–Kier alpha value is -1.39. The third-order valence-electron chi connectivity index (χ3n) is 3.22. The molecule has 0 saturated heterocycles. The number of thiazole rings is 1. The van der Waals surface area contributed by atoms with Crippen LogP contribution in [-0.2, 0) is 12.8 Å². The van der Waals surface area contributed by atoms with E-state index in [-0.39, 0.29) is 0 Å². The van der Waals surface area contributed by atoms with Gasteiger partial charge >= 0.3 is 0 Å². The second-order valence-corrected chi connectivity index (χ2v) is 5.84. The highest BCUT2D eigenvalue weighted by atomic mass is 32.1. The molecule has 108 valence electrons. The molecule has 0 aliphatic heterocycles. The van der Waals surface area contributed by atoms with E-state index in [0.717, 1.165) is 30.8 Å². The summed E-state index contributed by atoms with van der Waals surface area (Å²) in [5, 5.41) is 6.88. The van der Waals surface area contributed by atoms with Crippen LogP contribution in [0.2, 0.25) is 0 Å². The third-order valence-corrected chi connectivity index (χ3v) is 4.21. The van der Waals surface area contributed by atoms with Crippen molar-refractivity contribution in [3.63, 3.8) is 0 Å². The minimum Gasteiger partial charge on any atom is -0.497 e. The maximum absolute atomic E-state index is 5.20. The largest absolute Gasteiger partial charge is 0.497 e. The number of nitrogens with zero attached hydrogens (tertiary/aromatic N) is 1. The van der Waals surface area contributed by atoms with Crippen LogP contribution < -0.4 is 10.1 Å². The molecule has 0 spiro atoms. The maximum Gasteiger partial charge on any atom is 0.118 e. The molecule has 1 aromatic carbocycles. The van der Waals surface area contributed by atoms with E-state index in [1.165, 1.54) is 10.6 Å². The van der Waals surface area contributed by atoms with Gasteiger partial charge in [-0.05, 0) is 37.6 Å². The standard InChI is InChI=1S/C16H22N2OS/c1-4-17-14(10-16-18-12(2)11-20-16)9-13-5-7-15(19-3)8-6-13/h5-8,11,14,17H,4,9-10H2,1-3H3. The zero-order valence-corrected chi connectivity index (χ0v) is 13.2. The SMILES string of the molecule is CCNC(Cc1ccc(OC)cc1)Cc1nc(C)cs1. The van der Waals surface area contributed by atoms with Crippen molar-refractivity contribution in [2.45, 2.75) is 32.7 Å². The van der Waals surface area contributed by atoms with E-state index in [1.807, 2.05) is 19.1 Å². The molecule has 1 N–H and O–H groups in total. The maximum atomic E-state index is 5.20. The number of aromatic nitrogens is 1. The molecule has 0 bridgehead atoms. The normalized spacial score (nSPS) is 12.3. The summed E-state index contributed by atoms with van der Waals surface area (Å²) in [7, 11) is 1.70. The van der Waals surface area contributed by atoms with Gasteiger partial charge in [-0.1, -0.05) is 19.1 Å². The number of likely N-dealkylation sites (N-methyl/N-ethyl adjacent to an activating group) is 1. The van der Waals surface area contributed by atoms with Gasteiger partial charge in [0.2, 0.25) is 0 Å². The van der Waals surface area contributed by atoms with Crippen molar-refractivity contribution in [1.29, 1.82) is 0 Å². The Balaban J connectivity index is 2.00. The lowest BCUT2D eigenvalue weighted by Gasteiger charge is -2.17. The van der Waals surface area contributed by atoms with Crippen molar-refractivity contribution in [2.24, 2.45) is 0 Å². The van der Waals surface area contributed by atoms with Crippen LogP contribution in [-0.4, -0.2) is 24.7 Å². The van der Waals surface area contributed by atoms with Gasteiger partial charge in [0.05, 0.1) is 12.1 Å².